The van der Waals surface area contributed by atoms with Gasteiger partial charge in [0.15, 0.2) is 0 Å². The summed E-state index contributed by atoms with van der Waals surface area (Å²) in [7, 11) is 0. The Labute approximate surface area is 169 Å². The monoisotopic (exact) mass is 392 g/mol. The minimum atomic E-state index is 0.473. The average molecular weight is 393 g/mol. The van der Waals surface area contributed by atoms with Crippen molar-refractivity contribution < 1.29 is 4.74 Å². The molecule has 0 radical (unpaired) electrons. The van der Waals surface area contributed by atoms with Crippen molar-refractivity contribution in [2.75, 3.05) is 24.8 Å². The second kappa shape index (κ2) is 7.98. The Kier molecular flexibility index (Phi) is 5.26. The Balaban J connectivity index is 1.80. The van der Waals surface area contributed by atoms with E-state index < -0.39 is 0 Å². The molecule has 142 valence electrons. The number of halogens is 1. The number of dihydropyridines is 1. The highest BCUT2D eigenvalue weighted by molar-refractivity contribution is 6.39. The maximum atomic E-state index is 5.92. The summed E-state index contributed by atoms with van der Waals surface area (Å²) in [5.41, 5.74) is 12.9. The summed E-state index contributed by atoms with van der Waals surface area (Å²) in [5, 5.41) is 0. The lowest BCUT2D eigenvalue weighted by atomic mass is 9.88. The van der Waals surface area contributed by atoms with E-state index in [0.717, 1.165) is 51.6 Å². The zero-order valence-electron chi connectivity index (χ0n) is 15.7. The molecular weight excluding hydrogens is 372 g/mol. The fraction of sp³-hybridized carbons (Fsp3) is 0.227. The van der Waals surface area contributed by atoms with Crippen molar-refractivity contribution in [1.82, 2.24) is 4.98 Å². The van der Waals surface area contributed by atoms with Crippen molar-refractivity contribution in [2.24, 2.45) is 9.98 Å². The quantitative estimate of drug-likeness (QED) is 0.588. The minimum absolute atomic E-state index is 0.473. The summed E-state index contributed by atoms with van der Waals surface area (Å²) in [6.45, 7) is 3.15. The second-order valence-corrected chi connectivity index (χ2v) is 7.06. The van der Waals surface area contributed by atoms with E-state index in [1.807, 2.05) is 37.3 Å². The summed E-state index contributed by atoms with van der Waals surface area (Å²) >= 11 is 5.76. The van der Waals surface area contributed by atoms with Crippen molar-refractivity contribution in [1.29, 1.82) is 0 Å². The molecule has 3 heterocycles. The van der Waals surface area contributed by atoms with Gasteiger partial charge in [-0.3, -0.25) is 9.98 Å². The van der Waals surface area contributed by atoms with E-state index in [-0.39, 0.29) is 0 Å². The predicted octanol–water partition coefficient (Wildman–Crippen LogP) is 4.29. The highest BCUT2D eigenvalue weighted by atomic mass is 35.5. The minimum Gasteiger partial charge on any atom is -0.494 e. The van der Waals surface area contributed by atoms with E-state index in [2.05, 4.69) is 22.1 Å². The van der Waals surface area contributed by atoms with Crippen molar-refractivity contribution >= 4 is 34.4 Å². The molecule has 0 aliphatic carbocycles. The lowest BCUT2D eigenvalue weighted by Crippen LogP contribution is -2.19. The van der Waals surface area contributed by atoms with Crippen LogP contribution in [0.5, 0.6) is 5.75 Å². The molecule has 6 heteroatoms. The number of benzene rings is 1. The number of fused-ring (bicyclic) bond motifs is 1. The third kappa shape index (κ3) is 3.71. The summed E-state index contributed by atoms with van der Waals surface area (Å²) in [4.78, 5) is 13.6. The number of pyridine rings is 1. The number of rotatable bonds is 6. The fourth-order valence-electron chi connectivity index (χ4n) is 3.40. The van der Waals surface area contributed by atoms with Crippen LogP contribution in [-0.2, 0) is 0 Å². The molecule has 2 aliphatic heterocycles. The van der Waals surface area contributed by atoms with Crippen LogP contribution >= 0.6 is 11.6 Å². The lowest BCUT2D eigenvalue weighted by Gasteiger charge is -2.20. The lowest BCUT2D eigenvalue weighted by molar-refractivity contribution is 0.318. The standard InChI is InChI=1S/C22H21ClN4O/c1-14-10-18-19(27-14)13-26-22(16-6-8-25-20(24)12-16)21(18)15-4-2-5-17(11-15)28-9-3-7-23/h2,4-6,8,10-12H,3,7,9,13H2,1H3,(H2,24,25). The van der Waals surface area contributed by atoms with Gasteiger partial charge in [-0.2, -0.15) is 0 Å². The van der Waals surface area contributed by atoms with Gasteiger partial charge in [0.05, 0.1) is 24.6 Å². The highest BCUT2D eigenvalue weighted by Gasteiger charge is 2.26. The predicted molar refractivity (Wildman–Crippen MR) is 115 cm³/mol. The van der Waals surface area contributed by atoms with Gasteiger partial charge in [-0.15, -0.1) is 11.6 Å². The number of ether oxygens (including phenoxy) is 1. The Bertz CT molecular complexity index is 1040. The van der Waals surface area contributed by atoms with Crippen LogP contribution in [0.4, 0.5) is 5.82 Å². The number of nitrogens with zero attached hydrogens (tertiary/aromatic N) is 3. The third-order valence-electron chi connectivity index (χ3n) is 4.59. The van der Waals surface area contributed by atoms with Gasteiger partial charge in [0.1, 0.15) is 11.6 Å². The molecule has 0 saturated heterocycles. The smallest absolute Gasteiger partial charge is 0.123 e. The molecule has 2 N–H and O–H groups in total. The average Bonchev–Trinajstić information content (AvgIpc) is 3.08. The van der Waals surface area contributed by atoms with Crippen LogP contribution in [0.3, 0.4) is 0 Å². The van der Waals surface area contributed by atoms with Crippen LogP contribution in [0.2, 0.25) is 0 Å². The number of nitrogens with two attached hydrogens (primary N) is 1. The maximum Gasteiger partial charge on any atom is 0.123 e. The van der Waals surface area contributed by atoms with Gasteiger partial charge in [-0.05, 0) is 49.2 Å². The van der Waals surface area contributed by atoms with Gasteiger partial charge in [0.2, 0.25) is 0 Å². The van der Waals surface area contributed by atoms with Crippen molar-refractivity contribution in [2.45, 2.75) is 13.3 Å². The van der Waals surface area contributed by atoms with E-state index in [1.54, 1.807) is 6.20 Å². The molecule has 5 nitrogen and oxygen atoms in total. The summed E-state index contributed by atoms with van der Waals surface area (Å²) < 4.78 is 5.85. The molecule has 1 aromatic heterocycles. The normalized spacial score (nSPS) is 15.7. The molecule has 1 aromatic carbocycles. The molecule has 0 fully saturated rings. The van der Waals surface area contributed by atoms with Gasteiger partial charge in [-0.1, -0.05) is 12.1 Å². The van der Waals surface area contributed by atoms with E-state index in [9.17, 15) is 0 Å². The van der Waals surface area contributed by atoms with Gasteiger partial charge >= 0.3 is 0 Å². The van der Waals surface area contributed by atoms with Crippen LogP contribution in [0, 0.1) is 0 Å². The van der Waals surface area contributed by atoms with Crippen molar-refractivity contribution in [3.8, 4) is 5.75 Å². The van der Waals surface area contributed by atoms with Crippen molar-refractivity contribution in [3.05, 3.63) is 71.1 Å². The number of aromatic nitrogens is 1. The van der Waals surface area contributed by atoms with Crippen LogP contribution in [0.1, 0.15) is 24.5 Å². The zero-order chi connectivity index (χ0) is 19.5. The summed E-state index contributed by atoms with van der Waals surface area (Å²) in [5.74, 6) is 1.87. The van der Waals surface area contributed by atoms with E-state index in [0.29, 0.717) is 24.8 Å². The molecule has 0 bridgehead atoms. The molecule has 0 amide bonds. The number of allylic oxidation sites excluding steroid dienone is 3. The second-order valence-electron chi connectivity index (χ2n) is 6.69. The molecule has 0 saturated carbocycles. The van der Waals surface area contributed by atoms with Gasteiger partial charge in [0, 0.05) is 34.5 Å². The molecule has 2 aromatic rings. The maximum absolute atomic E-state index is 5.92. The topological polar surface area (TPSA) is 72.9 Å². The van der Waals surface area contributed by atoms with Gasteiger partial charge in [-0.25, -0.2) is 4.98 Å². The number of hydrogen-bond acceptors (Lipinski definition) is 5. The number of alkyl halides is 1. The number of anilines is 1. The first-order valence-corrected chi connectivity index (χ1v) is 9.75. The van der Waals surface area contributed by atoms with Gasteiger partial charge in [0.25, 0.3) is 0 Å². The Hall–Kier alpha value is -2.92. The molecule has 2 aliphatic rings. The fourth-order valence-corrected chi connectivity index (χ4v) is 3.51. The number of aliphatic imine (C=N–C) groups is 2. The van der Waals surface area contributed by atoms with E-state index in [1.165, 1.54) is 0 Å². The molecule has 0 atom stereocenters. The largest absolute Gasteiger partial charge is 0.494 e. The summed E-state index contributed by atoms with van der Waals surface area (Å²) in [6.07, 6.45) is 4.63. The summed E-state index contributed by atoms with van der Waals surface area (Å²) in [6, 6.07) is 11.9. The van der Waals surface area contributed by atoms with Crippen LogP contribution in [0.15, 0.2) is 69.9 Å². The first-order valence-electron chi connectivity index (χ1n) is 9.22. The SMILES string of the molecule is CC1=CC2=C(c3cccc(OCCCCl)c3)C(c3ccnc(N)c3)=NCC2=N1. The highest BCUT2D eigenvalue weighted by Crippen LogP contribution is 2.34. The number of hydrogen-bond donors (Lipinski definition) is 1. The van der Waals surface area contributed by atoms with Crippen LogP contribution in [-0.4, -0.2) is 35.4 Å². The molecular formula is C22H21ClN4O. The van der Waals surface area contributed by atoms with Crippen molar-refractivity contribution in [3.63, 3.8) is 0 Å². The van der Waals surface area contributed by atoms with Crippen LogP contribution < -0.4 is 10.5 Å². The Morgan fingerprint density at radius 2 is 2.07 bits per heavy atom. The molecule has 0 spiro atoms. The first kappa shape index (κ1) is 18.4. The zero-order valence-corrected chi connectivity index (χ0v) is 16.4. The van der Waals surface area contributed by atoms with Gasteiger partial charge < -0.3 is 10.5 Å². The van der Waals surface area contributed by atoms with E-state index >= 15 is 0 Å². The Morgan fingerprint density at radius 1 is 1.18 bits per heavy atom. The third-order valence-corrected chi connectivity index (χ3v) is 4.86. The molecule has 28 heavy (non-hydrogen) atoms. The molecule has 4 rings (SSSR count). The first-order chi connectivity index (χ1) is 13.7. The molecule has 0 unspecified atom stereocenters. The Morgan fingerprint density at radius 3 is 2.89 bits per heavy atom. The van der Waals surface area contributed by atoms with E-state index in [4.69, 9.17) is 27.1 Å². The van der Waals surface area contributed by atoms with Crippen LogP contribution in [0.25, 0.3) is 5.57 Å². The number of nitrogen functional groups attached to an aromatic ring is 1.